The van der Waals surface area contributed by atoms with Crippen molar-refractivity contribution in [3.05, 3.63) is 18.5 Å². The number of nitrogens with zero attached hydrogens (tertiary/aromatic N) is 2. The first kappa shape index (κ1) is 11.7. The molecule has 92 valence electrons. The number of carbonyl (C=O) groups excluding carboxylic acids is 1. The van der Waals surface area contributed by atoms with Crippen LogP contribution in [0, 0.1) is 0 Å². The zero-order valence-corrected chi connectivity index (χ0v) is 9.89. The summed E-state index contributed by atoms with van der Waals surface area (Å²) in [4.78, 5) is 11.7. The molecule has 2 heterocycles. The number of carbonyl (C=O) groups is 1. The van der Waals surface area contributed by atoms with Crippen molar-refractivity contribution < 1.29 is 13.9 Å². The molecule has 0 aliphatic rings. The lowest BCUT2D eigenvalue weighted by molar-refractivity contribution is 0.143. The molecule has 0 amide bonds. The highest BCUT2D eigenvalue weighted by molar-refractivity contribution is 5.84. The molecule has 17 heavy (non-hydrogen) atoms. The highest BCUT2D eigenvalue weighted by Crippen LogP contribution is 2.14. The Kier molecular flexibility index (Phi) is 3.80. The third-order valence-corrected chi connectivity index (χ3v) is 2.59. The van der Waals surface area contributed by atoms with Gasteiger partial charge >= 0.3 is 6.09 Å². The monoisotopic (exact) mass is 236 g/mol. The van der Waals surface area contributed by atoms with Crippen LogP contribution in [0.3, 0.4) is 0 Å². The summed E-state index contributed by atoms with van der Waals surface area (Å²) in [5, 5.41) is 3.92. The van der Waals surface area contributed by atoms with Gasteiger partial charge in [-0.2, -0.15) is 9.78 Å². The van der Waals surface area contributed by atoms with E-state index >= 15 is 0 Å². The lowest BCUT2D eigenvalue weighted by Gasteiger charge is -2.03. The summed E-state index contributed by atoms with van der Waals surface area (Å²) in [7, 11) is 0. The zero-order chi connectivity index (χ0) is 12.1. The fraction of sp³-hybridized carbons (Fsp3) is 0.500. The van der Waals surface area contributed by atoms with Gasteiger partial charge in [0, 0.05) is 6.07 Å². The smallest absolute Gasteiger partial charge is 0.435 e. The van der Waals surface area contributed by atoms with E-state index in [1.807, 2.05) is 0 Å². The molecular weight excluding hydrogens is 220 g/mol. The van der Waals surface area contributed by atoms with Gasteiger partial charge in [-0.1, -0.05) is 26.2 Å². The van der Waals surface area contributed by atoms with Crippen molar-refractivity contribution in [1.29, 1.82) is 0 Å². The quantitative estimate of drug-likeness (QED) is 0.748. The SMILES string of the molecule is CCCCCCOC(=O)n1ncc2occc21. The van der Waals surface area contributed by atoms with E-state index in [0.29, 0.717) is 17.7 Å². The third-order valence-electron chi connectivity index (χ3n) is 2.59. The standard InChI is InChI=1S/C12H16N2O3/c1-2-3-4-5-7-17-12(15)14-10-6-8-16-11(10)9-13-14/h6,8-9H,2-5,7H2,1H3. The predicted octanol–water partition coefficient (Wildman–Crippen LogP) is 3.19. The minimum absolute atomic E-state index is 0.442. The second-order valence-corrected chi connectivity index (χ2v) is 3.90. The topological polar surface area (TPSA) is 57.3 Å². The van der Waals surface area contributed by atoms with E-state index in [0.717, 1.165) is 12.8 Å². The van der Waals surface area contributed by atoms with Crippen molar-refractivity contribution in [3.63, 3.8) is 0 Å². The Bertz CT molecular complexity index is 487. The Morgan fingerprint density at radius 1 is 1.47 bits per heavy atom. The van der Waals surface area contributed by atoms with Crippen LogP contribution in [0.4, 0.5) is 4.79 Å². The maximum absolute atomic E-state index is 11.7. The van der Waals surface area contributed by atoms with Crippen LogP contribution >= 0.6 is 0 Å². The van der Waals surface area contributed by atoms with E-state index in [1.165, 1.54) is 30.0 Å². The molecule has 0 unspecified atom stereocenters. The van der Waals surface area contributed by atoms with Gasteiger partial charge in [0.05, 0.1) is 19.1 Å². The molecule has 0 fully saturated rings. The summed E-state index contributed by atoms with van der Waals surface area (Å²) in [5.74, 6) is 0. The van der Waals surface area contributed by atoms with Gasteiger partial charge in [0.2, 0.25) is 0 Å². The van der Waals surface area contributed by atoms with Crippen LogP contribution in [-0.2, 0) is 4.74 Å². The molecule has 0 aliphatic carbocycles. The number of fused-ring (bicyclic) bond motifs is 1. The van der Waals surface area contributed by atoms with E-state index in [9.17, 15) is 4.79 Å². The van der Waals surface area contributed by atoms with Crippen LogP contribution < -0.4 is 0 Å². The highest BCUT2D eigenvalue weighted by Gasteiger charge is 2.12. The molecular formula is C12H16N2O3. The summed E-state index contributed by atoms with van der Waals surface area (Å²) in [5.41, 5.74) is 1.23. The fourth-order valence-electron chi connectivity index (χ4n) is 1.65. The van der Waals surface area contributed by atoms with Crippen molar-refractivity contribution in [2.75, 3.05) is 6.61 Å². The van der Waals surface area contributed by atoms with Gasteiger partial charge < -0.3 is 9.15 Å². The molecule has 0 atom stereocenters. The molecule has 0 bridgehead atoms. The van der Waals surface area contributed by atoms with E-state index in [4.69, 9.17) is 9.15 Å². The number of ether oxygens (including phenoxy) is 1. The molecule has 5 heteroatoms. The van der Waals surface area contributed by atoms with Gasteiger partial charge in [-0.3, -0.25) is 0 Å². The minimum Gasteiger partial charge on any atom is -0.461 e. The number of hydrogen-bond donors (Lipinski definition) is 0. The largest absolute Gasteiger partial charge is 0.461 e. The average Bonchev–Trinajstić information content (AvgIpc) is 2.90. The molecule has 5 nitrogen and oxygen atoms in total. The molecule has 0 aliphatic heterocycles. The van der Waals surface area contributed by atoms with Gasteiger partial charge in [-0.15, -0.1) is 0 Å². The van der Waals surface area contributed by atoms with E-state index in [1.54, 1.807) is 6.07 Å². The molecule has 2 rings (SSSR count). The molecule has 0 aromatic carbocycles. The Balaban J connectivity index is 1.86. The first-order valence-electron chi connectivity index (χ1n) is 5.91. The summed E-state index contributed by atoms with van der Waals surface area (Å²) in [6.45, 7) is 2.59. The van der Waals surface area contributed by atoms with E-state index < -0.39 is 6.09 Å². The molecule has 2 aromatic heterocycles. The molecule has 0 saturated carbocycles. The van der Waals surface area contributed by atoms with E-state index in [-0.39, 0.29) is 0 Å². The number of furan rings is 1. The van der Waals surface area contributed by atoms with Gasteiger partial charge in [0.15, 0.2) is 5.58 Å². The molecule has 2 aromatic rings. The number of unbranched alkanes of at least 4 members (excludes halogenated alkanes) is 3. The van der Waals surface area contributed by atoms with E-state index in [2.05, 4.69) is 12.0 Å². The minimum atomic E-state index is -0.446. The summed E-state index contributed by atoms with van der Waals surface area (Å²) in [6.07, 6.45) is 6.91. The van der Waals surface area contributed by atoms with Crippen molar-refractivity contribution >= 4 is 17.2 Å². The van der Waals surface area contributed by atoms with Crippen molar-refractivity contribution in [2.24, 2.45) is 0 Å². The fourth-order valence-corrected chi connectivity index (χ4v) is 1.65. The Hall–Kier alpha value is -1.78. The number of hydrogen-bond acceptors (Lipinski definition) is 4. The second kappa shape index (κ2) is 5.52. The van der Waals surface area contributed by atoms with Gasteiger partial charge in [-0.05, 0) is 6.42 Å². The predicted molar refractivity (Wildman–Crippen MR) is 62.9 cm³/mol. The maximum Gasteiger partial charge on any atom is 0.435 e. The Labute approximate surface area is 99.3 Å². The van der Waals surface area contributed by atoms with Crippen molar-refractivity contribution in [1.82, 2.24) is 9.78 Å². The van der Waals surface area contributed by atoms with Crippen molar-refractivity contribution in [2.45, 2.75) is 32.6 Å². The van der Waals surface area contributed by atoms with Crippen molar-refractivity contribution in [3.8, 4) is 0 Å². The summed E-state index contributed by atoms with van der Waals surface area (Å²) in [6, 6.07) is 1.70. The lowest BCUT2D eigenvalue weighted by Crippen LogP contribution is -2.15. The summed E-state index contributed by atoms with van der Waals surface area (Å²) >= 11 is 0. The highest BCUT2D eigenvalue weighted by atomic mass is 16.6. The first-order chi connectivity index (χ1) is 8.33. The number of aromatic nitrogens is 2. The number of rotatable bonds is 5. The normalized spacial score (nSPS) is 10.9. The Morgan fingerprint density at radius 3 is 3.18 bits per heavy atom. The van der Waals surface area contributed by atoms with Gasteiger partial charge in [0.25, 0.3) is 0 Å². The second-order valence-electron chi connectivity index (χ2n) is 3.90. The third kappa shape index (κ3) is 2.67. The summed E-state index contributed by atoms with van der Waals surface area (Å²) < 4.78 is 11.5. The van der Waals surface area contributed by atoms with Crippen LogP contribution in [0.1, 0.15) is 32.6 Å². The molecule has 0 saturated heterocycles. The first-order valence-corrected chi connectivity index (χ1v) is 5.91. The van der Waals surface area contributed by atoms with Gasteiger partial charge in [0.1, 0.15) is 5.52 Å². The Morgan fingerprint density at radius 2 is 2.35 bits per heavy atom. The molecule has 0 radical (unpaired) electrons. The average molecular weight is 236 g/mol. The van der Waals surface area contributed by atoms with Crippen LogP contribution in [0.25, 0.3) is 11.1 Å². The van der Waals surface area contributed by atoms with Crippen LogP contribution in [0.15, 0.2) is 22.9 Å². The van der Waals surface area contributed by atoms with Crippen LogP contribution in [-0.4, -0.2) is 22.5 Å². The lowest BCUT2D eigenvalue weighted by atomic mass is 10.2. The zero-order valence-electron chi connectivity index (χ0n) is 9.89. The van der Waals surface area contributed by atoms with Gasteiger partial charge in [-0.25, -0.2) is 4.79 Å². The molecule has 0 spiro atoms. The maximum atomic E-state index is 11.7. The van der Waals surface area contributed by atoms with Crippen LogP contribution in [0.5, 0.6) is 0 Å². The molecule has 0 N–H and O–H groups in total. The van der Waals surface area contributed by atoms with Crippen LogP contribution in [0.2, 0.25) is 0 Å².